The zero-order valence-electron chi connectivity index (χ0n) is 29.9. The van der Waals surface area contributed by atoms with Gasteiger partial charge in [-0.3, -0.25) is 19.3 Å². The summed E-state index contributed by atoms with van der Waals surface area (Å²) in [5.41, 5.74) is 5.09. The van der Waals surface area contributed by atoms with Gasteiger partial charge >= 0.3 is 0 Å². The average molecular weight is 670 g/mol. The maximum atomic E-state index is 14.7. The molecule has 1 aliphatic heterocycles. The Morgan fingerprint density at radius 2 is 1.76 bits per heavy atom. The van der Waals surface area contributed by atoms with Crippen LogP contribution in [-0.4, -0.2) is 82.8 Å². The van der Waals surface area contributed by atoms with Gasteiger partial charge in [-0.15, -0.1) is 0 Å². The van der Waals surface area contributed by atoms with E-state index < -0.39 is 0 Å². The zero-order valence-corrected chi connectivity index (χ0v) is 29.9. The second kappa shape index (κ2) is 14.2. The van der Waals surface area contributed by atoms with Crippen LogP contribution >= 0.6 is 0 Å². The number of hydrogen-bond donors (Lipinski definition) is 1. The third-order valence-corrected chi connectivity index (χ3v) is 12.5. The molecular formula is C40H55N5O4. The molecule has 3 heterocycles. The summed E-state index contributed by atoms with van der Waals surface area (Å²) in [6.45, 7) is 9.49. The first-order chi connectivity index (χ1) is 23.7. The van der Waals surface area contributed by atoms with Crippen molar-refractivity contribution in [2.45, 2.75) is 109 Å². The van der Waals surface area contributed by atoms with Crippen molar-refractivity contribution in [3.05, 3.63) is 60.0 Å². The zero-order chi connectivity index (χ0) is 34.2. The number of hydrogen-bond acceptors (Lipinski definition) is 7. The molecule has 264 valence electrons. The highest BCUT2D eigenvalue weighted by Gasteiger charge is 2.51. The van der Waals surface area contributed by atoms with E-state index in [1.54, 1.807) is 7.11 Å². The van der Waals surface area contributed by atoms with Gasteiger partial charge in [0, 0.05) is 55.6 Å². The number of amides is 1. The standard InChI is InChI=1S/C40H55N5O4/c1-28(2)45-24-32(23-42-45)31-11-18-41-37(22-31)44(38(47)30-5-8-34(9-6-30)43-25-35(26-43)49-20-19-46)27-39-12-15-40(16-13-39,17-14-39)33-7-10-36(48-4)29(3)21-33/h7,10-11,18,21-24,28,30,34-35,46H,5-6,8-9,12-17,19-20,25-27H2,1-4H3. The van der Waals surface area contributed by atoms with Gasteiger partial charge in [-0.2, -0.15) is 5.10 Å². The number of anilines is 1. The van der Waals surface area contributed by atoms with Crippen molar-refractivity contribution in [1.29, 1.82) is 0 Å². The highest BCUT2D eigenvalue weighted by Crippen LogP contribution is 2.58. The lowest BCUT2D eigenvalue weighted by Gasteiger charge is -2.55. The van der Waals surface area contributed by atoms with Gasteiger partial charge in [0.25, 0.3) is 0 Å². The van der Waals surface area contributed by atoms with Gasteiger partial charge in [0.2, 0.25) is 5.91 Å². The number of aliphatic hydroxyl groups excluding tert-OH is 1. The lowest BCUT2D eigenvalue weighted by atomic mass is 9.51. The van der Waals surface area contributed by atoms with E-state index in [4.69, 9.17) is 19.6 Å². The molecule has 8 rings (SSSR count). The Hall–Kier alpha value is -3.27. The Kier molecular flexibility index (Phi) is 9.88. The van der Waals surface area contributed by atoms with E-state index in [-0.39, 0.29) is 41.4 Å². The lowest BCUT2D eigenvalue weighted by molar-refractivity contribution is -0.125. The molecule has 2 bridgehead atoms. The summed E-state index contributed by atoms with van der Waals surface area (Å²) in [4.78, 5) is 24.2. The van der Waals surface area contributed by atoms with Crippen LogP contribution in [0.15, 0.2) is 48.9 Å². The summed E-state index contributed by atoms with van der Waals surface area (Å²) in [6, 6.07) is 11.7. The Balaban J connectivity index is 1.09. The SMILES string of the molecule is COc1ccc(C23CCC(CN(C(=O)C4CCC(N5CC(OCCO)C5)CC4)c4cc(-c5cnn(C(C)C)c5)ccn4)(CC2)CC3)cc1C. The molecule has 0 spiro atoms. The van der Waals surface area contributed by atoms with Crippen LogP contribution in [0, 0.1) is 18.3 Å². The number of aliphatic hydroxyl groups is 1. The van der Waals surface area contributed by atoms with E-state index in [9.17, 15) is 4.79 Å². The first-order valence-electron chi connectivity index (χ1n) is 18.7. The first kappa shape index (κ1) is 34.2. The Morgan fingerprint density at radius 1 is 1.02 bits per heavy atom. The third kappa shape index (κ3) is 6.91. The van der Waals surface area contributed by atoms with E-state index in [1.165, 1.54) is 11.1 Å². The largest absolute Gasteiger partial charge is 0.496 e. The predicted molar refractivity (Wildman–Crippen MR) is 192 cm³/mol. The summed E-state index contributed by atoms with van der Waals surface area (Å²) in [5, 5.41) is 13.7. The third-order valence-electron chi connectivity index (χ3n) is 12.5. The van der Waals surface area contributed by atoms with Crippen molar-refractivity contribution < 1.29 is 19.4 Å². The van der Waals surface area contributed by atoms with Crippen molar-refractivity contribution in [3.63, 3.8) is 0 Å². The van der Waals surface area contributed by atoms with Crippen molar-refractivity contribution in [2.24, 2.45) is 11.3 Å². The maximum absolute atomic E-state index is 14.7. The van der Waals surface area contributed by atoms with Crippen LogP contribution in [0.1, 0.15) is 95.2 Å². The number of ether oxygens (including phenoxy) is 2. The van der Waals surface area contributed by atoms with Crippen LogP contribution in [0.25, 0.3) is 11.1 Å². The van der Waals surface area contributed by atoms with Gasteiger partial charge in [-0.1, -0.05) is 12.1 Å². The second-order valence-electron chi connectivity index (χ2n) is 15.8. The molecule has 0 unspecified atom stereocenters. The number of fused-ring (bicyclic) bond motifs is 3. The normalized spacial score (nSPS) is 27.3. The fraction of sp³-hybridized carbons (Fsp3) is 0.625. The molecule has 1 amide bonds. The number of pyridine rings is 1. The van der Waals surface area contributed by atoms with Gasteiger partial charge in [-0.25, -0.2) is 4.98 Å². The quantitative estimate of drug-likeness (QED) is 0.229. The molecule has 9 nitrogen and oxygen atoms in total. The number of nitrogens with zero attached hydrogens (tertiary/aromatic N) is 5. The number of likely N-dealkylation sites (tertiary alicyclic amines) is 1. The van der Waals surface area contributed by atoms with Crippen LogP contribution in [0.2, 0.25) is 0 Å². The molecule has 1 N–H and O–H groups in total. The monoisotopic (exact) mass is 669 g/mol. The smallest absolute Gasteiger partial charge is 0.231 e. The predicted octanol–water partition coefficient (Wildman–Crippen LogP) is 6.72. The number of benzene rings is 1. The Morgan fingerprint density at radius 3 is 2.39 bits per heavy atom. The molecule has 5 aliphatic rings. The average Bonchev–Trinajstić information content (AvgIpc) is 3.62. The van der Waals surface area contributed by atoms with E-state index >= 15 is 0 Å². The van der Waals surface area contributed by atoms with Crippen molar-refractivity contribution in [2.75, 3.05) is 44.9 Å². The highest BCUT2D eigenvalue weighted by atomic mass is 16.5. The fourth-order valence-electron chi connectivity index (χ4n) is 9.26. The topological polar surface area (TPSA) is 93.0 Å². The summed E-state index contributed by atoms with van der Waals surface area (Å²) in [5.74, 6) is 1.99. The second-order valence-corrected chi connectivity index (χ2v) is 15.8. The number of carbonyl (C=O) groups is 1. The van der Waals surface area contributed by atoms with E-state index in [1.807, 2.05) is 23.1 Å². The molecule has 5 fully saturated rings. The van der Waals surface area contributed by atoms with Crippen LogP contribution in [0.4, 0.5) is 5.82 Å². The molecule has 2 aromatic heterocycles. The van der Waals surface area contributed by atoms with Gasteiger partial charge in [0.1, 0.15) is 11.6 Å². The summed E-state index contributed by atoms with van der Waals surface area (Å²) in [6.07, 6.45) is 16.9. The molecular weight excluding hydrogens is 614 g/mol. The molecule has 1 aromatic carbocycles. The number of aromatic nitrogens is 3. The van der Waals surface area contributed by atoms with E-state index in [0.717, 1.165) is 107 Å². The minimum absolute atomic E-state index is 0.0121. The van der Waals surface area contributed by atoms with Gasteiger partial charge < -0.3 is 14.6 Å². The number of aryl methyl sites for hydroxylation is 1. The number of carbonyl (C=O) groups excluding carboxylic acids is 1. The van der Waals surface area contributed by atoms with Crippen LogP contribution < -0.4 is 9.64 Å². The molecule has 9 heteroatoms. The minimum atomic E-state index is 0.0121. The highest BCUT2D eigenvalue weighted by molar-refractivity contribution is 5.95. The number of methoxy groups -OCH3 is 1. The van der Waals surface area contributed by atoms with Gasteiger partial charge in [0.05, 0.1) is 32.6 Å². The summed E-state index contributed by atoms with van der Waals surface area (Å²) in [7, 11) is 1.75. The lowest BCUT2D eigenvalue weighted by Crippen LogP contribution is -2.57. The van der Waals surface area contributed by atoms with Crippen LogP contribution in [-0.2, 0) is 14.9 Å². The summed E-state index contributed by atoms with van der Waals surface area (Å²) < 4.78 is 13.3. The number of rotatable bonds is 12. The van der Waals surface area contributed by atoms with Crippen molar-refractivity contribution in [1.82, 2.24) is 19.7 Å². The maximum Gasteiger partial charge on any atom is 0.231 e. The van der Waals surface area contributed by atoms with Crippen LogP contribution in [0.3, 0.4) is 0 Å². The molecule has 1 saturated heterocycles. The molecule has 3 aromatic rings. The fourth-order valence-corrected chi connectivity index (χ4v) is 9.26. The summed E-state index contributed by atoms with van der Waals surface area (Å²) >= 11 is 0. The van der Waals surface area contributed by atoms with Crippen molar-refractivity contribution in [3.8, 4) is 16.9 Å². The molecule has 4 saturated carbocycles. The van der Waals surface area contributed by atoms with Crippen LogP contribution in [0.5, 0.6) is 5.75 Å². The van der Waals surface area contributed by atoms with Gasteiger partial charge in [-0.05, 0) is 131 Å². The van der Waals surface area contributed by atoms with Crippen molar-refractivity contribution >= 4 is 11.7 Å². The van der Waals surface area contributed by atoms with E-state index in [2.05, 4.69) is 66.1 Å². The Bertz CT molecular complexity index is 1580. The minimum Gasteiger partial charge on any atom is -0.496 e. The molecule has 0 radical (unpaired) electrons. The van der Waals surface area contributed by atoms with E-state index in [0.29, 0.717) is 12.6 Å². The van der Waals surface area contributed by atoms with Gasteiger partial charge in [0.15, 0.2) is 0 Å². The first-order valence-corrected chi connectivity index (χ1v) is 18.7. The molecule has 49 heavy (non-hydrogen) atoms. The Labute approximate surface area is 292 Å². The molecule has 4 aliphatic carbocycles. The molecule has 0 atom stereocenters.